The smallest absolute Gasteiger partial charge is 0.108 e. The molecule has 1 rings (SSSR count). The molecule has 0 aliphatic rings. The largest absolute Gasteiger partial charge is 0.397 e. The number of nitrogens with two attached hydrogens (primary N) is 1. The zero-order chi connectivity index (χ0) is 13.5. The van der Waals surface area contributed by atoms with Gasteiger partial charge in [0, 0.05) is 4.47 Å². The lowest BCUT2D eigenvalue weighted by Gasteiger charge is -2.03. The fourth-order valence-corrected chi connectivity index (χ4v) is 1.68. The van der Waals surface area contributed by atoms with Gasteiger partial charge in [0.15, 0.2) is 0 Å². The van der Waals surface area contributed by atoms with Crippen LogP contribution in [0.25, 0.3) is 0 Å². The predicted molar refractivity (Wildman–Crippen MR) is 72.6 cm³/mol. The van der Waals surface area contributed by atoms with Crippen molar-refractivity contribution >= 4 is 21.6 Å². The van der Waals surface area contributed by atoms with Crippen LogP contribution in [0.4, 0.5) is 5.69 Å². The van der Waals surface area contributed by atoms with Gasteiger partial charge in [-0.15, -0.1) is 0 Å². The summed E-state index contributed by atoms with van der Waals surface area (Å²) in [6.07, 6.45) is -0.507. The van der Waals surface area contributed by atoms with E-state index >= 15 is 0 Å². The molecule has 0 radical (unpaired) electrons. The number of rotatable bonds is 3. The molecule has 0 heterocycles. The Morgan fingerprint density at radius 3 is 2.78 bits per heavy atom. The third kappa shape index (κ3) is 4.38. The van der Waals surface area contributed by atoms with Gasteiger partial charge in [0.25, 0.3) is 0 Å². The second kappa shape index (κ2) is 7.03. The highest BCUT2D eigenvalue weighted by molar-refractivity contribution is 9.10. The molecule has 18 heavy (non-hydrogen) atoms. The van der Waals surface area contributed by atoms with Crippen molar-refractivity contribution in [2.75, 3.05) is 18.9 Å². The van der Waals surface area contributed by atoms with E-state index in [0.717, 1.165) is 4.47 Å². The number of nitriles is 1. The van der Waals surface area contributed by atoms with Crippen molar-refractivity contribution in [1.29, 1.82) is 5.26 Å². The van der Waals surface area contributed by atoms with Crippen LogP contribution < -0.4 is 5.73 Å². The molecule has 1 unspecified atom stereocenters. The van der Waals surface area contributed by atoms with Gasteiger partial charge < -0.3 is 15.6 Å². The molecule has 1 atom stereocenters. The summed E-state index contributed by atoms with van der Waals surface area (Å²) in [5.74, 6) is 5.62. The molecule has 0 aliphatic carbocycles. The normalized spacial score (nSPS) is 11.2. The van der Waals surface area contributed by atoms with Crippen LogP contribution in [0.3, 0.4) is 0 Å². The van der Waals surface area contributed by atoms with Gasteiger partial charge in [-0.3, -0.25) is 0 Å². The van der Waals surface area contributed by atoms with E-state index in [4.69, 9.17) is 20.8 Å². The number of nitrogens with zero attached hydrogens (tertiary/aromatic N) is 1. The Balaban J connectivity index is 2.76. The highest BCUT2D eigenvalue weighted by Gasteiger charge is 2.04. The van der Waals surface area contributed by atoms with Crippen molar-refractivity contribution in [3.8, 4) is 17.9 Å². The summed E-state index contributed by atoms with van der Waals surface area (Å²) in [5, 5.41) is 17.9. The molecular formula is C13H13BrN2O2. The maximum atomic E-state index is 8.98. The van der Waals surface area contributed by atoms with Gasteiger partial charge in [-0.05, 0) is 19.1 Å². The van der Waals surface area contributed by atoms with Crippen LogP contribution >= 0.6 is 15.9 Å². The van der Waals surface area contributed by atoms with Crippen molar-refractivity contribution < 1.29 is 9.84 Å². The second-order valence-corrected chi connectivity index (χ2v) is 4.61. The average Bonchev–Trinajstić information content (AvgIpc) is 2.32. The molecule has 1 aromatic rings. The molecule has 0 saturated carbocycles. The van der Waals surface area contributed by atoms with Crippen molar-refractivity contribution in [2.24, 2.45) is 0 Å². The summed E-state index contributed by atoms with van der Waals surface area (Å²) in [5.41, 5.74) is 7.14. The van der Waals surface area contributed by atoms with Crippen LogP contribution in [0.2, 0.25) is 0 Å². The van der Waals surface area contributed by atoms with Gasteiger partial charge in [-0.25, -0.2) is 0 Å². The molecule has 0 saturated heterocycles. The second-order valence-electron chi connectivity index (χ2n) is 3.69. The number of aliphatic hydroxyl groups is 1. The van der Waals surface area contributed by atoms with Gasteiger partial charge in [0.05, 0.1) is 29.5 Å². The van der Waals surface area contributed by atoms with E-state index in [0.29, 0.717) is 16.8 Å². The standard InChI is InChI=1S/C13H13BrN2O2/c1-9(17)8-18-4-2-3-10-5-12(14)6-11(7-15)13(10)16/h5-6,9,17H,4,8,16H2,1H3. The minimum absolute atomic E-state index is 0.207. The van der Waals surface area contributed by atoms with Crippen molar-refractivity contribution in [1.82, 2.24) is 0 Å². The number of aliphatic hydroxyl groups excluding tert-OH is 1. The molecule has 94 valence electrons. The minimum atomic E-state index is -0.507. The van der Waals surface area contributed by atoms with Crippen LogP contribution in [-0.4, -0.2) is 24.4 Å². The Hall–Kier alpha value is -1.53. The number of ether oxygens (including phenoxy) is 1. The number of hydrogen-bond donors (Lipinski definition) is 2. The van der Waals surface area contributed by atoms with Crippen molar-refractivity contribution in [3.05, 3.63) is 27.7 Å². The summed E-state index contributed by atoms with van der Waals surface area (Å²) >= 11 is 3.29. The molecule has 0 fully saturated rings. The van der Waals surface area contributed by atoms with E-state index in [2.05, 4.69) is 27.8 Å². The zero-order valence-electron chi connectivity index (χ0n) is 9.90. The first-order chi connectivity index (χ1) is 8.54. The lowest BCUT2D eigenvalue weighted by Crippen LogP contribution is -2.10. The first-order valence-electron chi connectivity index (χ1n) is 5.28. The summed E-state index contributed by atoms with van der Waals surface area (Å²) in [6.45, 7) is 2.09. The highest BCUT2D eigenvalue weighted by Crippen LogP contribution is 2.22. The molecule has 0 spiro atoms. The number of halogens is 1. The molecule has 5 heteroatoms. The molecule has 1 aromatic carbocycles. The number of anilines is 1. The quantitative estimate of drug-likeness (QED) is 0.505. The molecule has 4 nitrogen and oxygen atoms in total. The average molecular weight is 309 g/mol. The van der Waals surface area contributed by atoms with Crippen LogP contribution in [0.5, 0.6) is 0 Å². The minimum Gasteiger partial charge on any atom is -0.397 e. The van der Waals surface area contributed by atoms with E-state index in [1.165, 1.54) is 0 Å². The van der Waals surface area contributed by atoms with Crippen LogP contribution in [0.15, 0.2) is 16.6 Å². The summed E-state index contributed by atoms with van der Waals surface area (Å²) < 4.78 is 5.85. The topological polar surface area (TPSA) is 79.3 Å². The predicted octanol–water partition coefficient (Wildman–Crippen LogP) is 1.65. The maximum absolute atomic E-state index is 8.98. The zero-order valence-corrected chi connectivity index (χ0v) is 11.5. The Bertz CT molecular complexity index is 524. The van der Waals surface area contributed by atoms with Gasteiger partial charge in [0.1, 0.15) is 12.7 Å². The van der Waals surface area contributed by atoms with E-state index < -0.39 is 6.10 Å². The maximum Gasteiger partial charge on any atom is 0.108 e. The van der Waals surface area contributed by atoms with E-state index in [9.17, 15) is 0 Å². The van der Waals surface area contributed by atoms with Crippen LogP contribution in [-0.2, 0) is 4.74 Å². The Kier molecular flexibility index (Phi) is 5.67. The monoisotopic (exact) mass is 308 g/mol. The van der Waals surface area contributed by atoms with Gasteiger partial charge in [-0.1, -0.05) is 27.8 Å². The number of hydrogen-bond acceptors (Lipinski definition) is 4. The fraction of sp³-hybridized carbons (Fsp3) is 0.308. The van der Waals surface area contributed by atoms with E-state index in [1.54, 1.807) is 19.1 Å². The Labute approximate surface area is 114 Å². The Morgan fingerprint density at radius 2 is 2.17 bits per heavy atom. The van der Waals surface area contributed by atoms with Gasteiger partial charge >= 0.3 is 0 Å². The molecular weight excluding hydrogens is 296 g/mol. The van der Waals surface area contributed by atoms with Crippen molar-refractivity contribution in [3.63, 3.8) is 0 Å². The lowest BCUT2D eigenvalue weighted by atomic mass is 10.1. The summed E-state index contributed by atoms with van der Waals surface area (Å²) in [4.78, 5) is 0. The summed E-state index contributed by atoms with van der Waals surface area (Å²) in [6, 6.07) is 5.40. The van der Waals surface area contributed by atoms with Crippen molar-refractivity contribution in [2.45, 2.75) is 13.0 Å². The number of nitrogen functional groups attached to an aromatic ring is 1. The first kappa shape index (κ1) is 14.5. The summed E-state index contributed by atoms with van der Waals surface area (Å²) in [7, 11) is 0. The third-order valence-corrected chi connectivity index (χ3v) is 2.48. The van der Waals surface area contributed by atoms with Gasteiger partial charge in [-0.2, -0.15) is 5.26 Å². The highest BCUT2D eigenvalue weighted by atomic mass is 79.9. The van der Waals surface area contributed by atoms with Gasteiger partial charge in [0.2, 0.25) is 0 Å². The van der Waals surface area contributed by atoms with E-state index in [-0.39, 0.29) is 13.2 Å². The molecule has 0 amide bonds. The Morgan fingerprint density at radius 1 is 1.50 bits per heavy atom. The fourth-order valence-electron chi connectivity index (χ4n) is 1.23. The SMILES string of the molecule is CC(O)COCC#Cc1cc(Br)cc(C#N)c1N. The lowest BCUT2D eigenvalue weighted by molar-refractivity contribution is 0.0621. The molecule has 0 aliphatic heterocycles. The third-order valence-electron chi connectivity index (χ3n) is 2.02. The van der Waals surface area contributed by atoms with Crippen LogP contribution in [0, 0.1) is 23.2 Å². The van der Waals surface area contributed by atoms with Crippen LogP contribution in [0.1, 0.15) is 18.1 Å². The first-order valence-corrected chi connectivity index (χ1v) is 6.07. The molecule has 0 bridgehead atoms. The molecule has 3 N–H and O–H groups in total. The number of benzene rings is 1. The van der Waals surface area contributed by atoms with E-state index in [1.807, 2.05) is 6.07 Å². The molecule has 0 aromatic heterocycles.